The van der Waals surface area contributed by atoms with Gasteiger partial charge in [-0.15, -0.1) is 0 Å². The fourth-order valence-electron chi connectivity index (χ4n) is 2.14. The van der Waals surface area contributed by atoms with E-state index in [4.69, 9.17) is 9.16 Å². The van der Waals surface area contributed by atoms with Crippen LogP contribution >= 0.6 is 0 Å². The maximum atomic E-state index is 10.8. The van der Waals surface area contributed by atoms with Gasteiger partial charge in [-0.3, -0.25) is 0 Å². The molecule has 0 saturated carbocycles. The molecule has 0 rings (SSSR count). The number of unbranched alkanes of at least 4 members (excludes halogenated alkanes) is 2. The zero-order valence-electron chi connectivity index (χ0n) is 12.2. The highest BCUT2D eigenvalue weighted by molar-refractivity contribution is 6.73. The minimum Gasteiger partial charge on any atom is -0.463 e. The van der Waals surface area contributed by atoms with Crippen molar-refractivity contribution in [1.82, 2.24) is 0 Å². The van der Waals surface area contributed by atoms with E-state index < -0.39 is 8.32 Å². The monoisotopic (exact) mass is 272 g/mol. The third-order valence-electron chi connectivity index (χ3n) is 3.43. The minimum absolute atomic E-state index is 0.324. The fraction of sp³-hybridized carbons (Fsp3) is 0.786. The van der Waals surface area contributed by atoms with E-state index in [-0.39, 0.29) is 5.97 Å². The maximum Gasteiger partial charge on any atom is 0.330 e. The van der Waals surface area contributed by atoms with E-state index >= 15 is 0 Å². The summed E-state index contributed by atoms with van der Waals surface area (Å²) in [5.74, 6) is -0.324. The number of hydrogen-bond acceptors (Lipinski definition) is 3. The molecule has 0 aromatic rings. The Balaban J connectivity index is 3.73. The maximum absolute atomic E-state index is 10.8. The number of esters is 1. The van der Waals surface area contributed by atoms with Crippen LogP contribution in [-0.4, -0.2) is 27.5 Å². The highest BCUT2D eigenvalue weighted by Crippen LogP contribution is 2.24. The summed E-state index contributed by atoms with van der Waals surface area (Å²) in [5.41, 5.74) is 0. The van der Waals surface area contributed by atoms with Crippen LogP contribution in [0.5, 0.6) is 0 Å². The van der Waals surface area contributed by atoms with Crippen molar-refractivity contribution in [3.05, 3.63) is 12.7 Å². The Hall–Kier alpha value is -0.613. The van der Waals surface area contributed by atoms with Crippen LogP contribution in [0.4, 0.5) is 0 Å². The van der Waals surface area contributed by atoms with E-state index in [1.54, 1.807) is 0 Å². The second kappa shape index (κ2) is 10.3. The topological polar surface area (TPSA) is 35.5 Å². The van der Waals surface area contributed by atoms with Crippen LogP contribution in [0.1, 0.15) is 40.0 Å². The van der Waals surface area contributed by atoms with Crippen LogP contribution in [-0.2, 0) is 14.0 Å². The number of rotatable bonds is 11. The van der Waals surface area contributed by atoms with Crippen molar-refractivity contribution in [3.8, 4) is 0 Å². The van der Waals surface area contributed by atoms with E-state index in [9.17, 15) is 4.79 Å². The van der Waals surface area contributed by atoms with Gasteiger partial charge in [-0.25, -0.2) is 4.79 Å². The smallest absolute Gasteiger partial charge is 0.330 e. The van der Waals surface area contributed by atoms with Crippen LogP contribution < -0.4 is 0 Å². The zero-order valence-corrected chi connectivity index (χ0v) is 13.2. The van der Waals surface area contributed by atoms with Crippen LogP contribution in [0.2, 0.25) is 18.1 Å². The van der Waals surface area contributed by atoms with Crippen LogP contribution in [0.15, 0.2) is 12.7 Å². The summed E-state index contributed by atoms with van der Waals surface area (Å²) < 4.78 is 11.0. The molecule has 0 radical (unpaired) electrons. The van der Waals surface area contributed by atoms with E-state index in [2.05, 4.69) is 27.4 Å². The highest BCUT2D eigenvalue weighted by atomic mass is 28.4. The highest BCUT2D eigenvalue weighted by Gasteiger charge is 2.29. The minimum atomic E-state index is -1.46. The lowest BCUT2D eigenvalue weighted by molar-refractivity contribution is -0.137. The first-order valence-electron chi connectivity index (χ1n) is 7.07. The van der Waals surface area contributed by atoms with Gasteiger partial charge in [0.25, 0.3) is 0 Å². The molecule has 3 nitrogen and oxygen atoms in total. The fourth-order valence-corrected chi connectivity index (χ4v) is 5.41. The Morgan fingerprint density at radius 3 is 2.33 bits per heavy atom. The molecular weight excluding hydrogens is 244 g/mol. The number of ether oxygens (including phenoxy) is 1. The summed E-state index contributed by atoms with van der Waals surface area (Å²) in [6, 6.07) is 3.62. The van der Waals surface area contributed by atoms with Crippen molar-refractivity contribution >= 4 is 14.3 Å². The second-order valence-electron chi connectivity index (χ2n) is 4.51. The van der Waals surface area contributed by atoms with Crippen molar-refractivity contribution < 1.29 is 14.0 Å². The average molecular weight is 272 g/mol. The van der Waals surface area contributed by atoms with E-state index in [1.165, 1.54) is 30.6 Å². The Bertz CT molecular complexity index is 237. The standard InChI is InChI=1S/C14H28O3Si/c1-5-14(15)16-12-10-9-11-13-18(7-3,8-4)17-6-2/h5H,1,6-13H2,2-4H3. The molecule has 0 aromatic carbocycles. The van der Waals surface area contributed by atoms with E-state index in [0.717, 1.165) is 19.4 Å². The Morgan fingerprint density at radius 2 is 1.83 bits per heavy atom. The van der Waals surface area contributed by atoms with Gasteiger partial charge >= 0.3 is 5.97 Å². The third-order valence-corrected chi connectivity index (χ3v) is 8.17. The lowest BCUT2D eigenvalue weighted by atomic mass is 10.3. The molecule has 0 aromatic heterocycles. The van der Waals surface area contributed by atoms with Crippen molar-refractivity contribution in [1.29, 1.82) is 0 Å². The van der Waals surface area contributed by atoms with E-state index in [0.29, 0.717) is 6.61 Å². The molecule has 0 amide bonds. The molecule has 0 atom stereocenters. The Labute approximate surface area is 113 Å². The SMILES string of the molecule is C=CC(=O)OCCCCC[Si](CC)(CC)OCC. The Morgan fingerprint density at radius 1 is 1.17 bits per heavy atom. The van der Waals surface area contributed by atoms with Crippen molar-refractivity contribution in [3.63, 3.8) is 0 Å². The van der Waals surface area contributed by atoms with Crippen LogP contribution in [0.25, 0.3) is 0 Å². The second-order valence-corrected chi connectivity index (χ2v) is 9.07. The summed E-state index contributed by atoms with van der Waals surface area (Å²) in [6.45, 7) is 11.3. The van der Waals surface area contributed by atoms with Gasteiger partial charge in [0.2, 0.25) is 0 Å². The van der Waals surface area contributed by atoms with Gasteiger partial charge in [-0.2, -0.15) is 0 Å². The molecule has 0 fully saturated rings. The summed E-state index contributed by atoms with van der Waals surface area (Å²) in [6.07, 6.45) is 4.43. The van der Waals surface area contributed by atoms with Gasteiger partial charge in [0.05, 0.1) is 6.61 Å². The summed E-state index contributed by atoms with van der Waals surface area (Å²) in [7, 11) is -1.46. The van der Waals surface area contributed by atoms with Gasteiger partial charge in [0.1, 0.15) is 0 Å². The number of carbonyl (C=O) groups excluding carboxylic acids is 1. The predicted octanol–water partition coefficient (Wildman–Crippen LogP) is 3.91. The summed E-state index contributed by atoms with van der Waals surface area (Å²) >= 11 is 0. The quantitative estimate of drug-likeness (QED) is 0.248. The lowest BCUT2D eigenvalue weighted by Crippen LogP contribution is -2.36. The van der Waals surface area contributed by atoms with Crippen molar-refractivity contribution in [2.45, 2.75) is 58.2 Å². The molecule has 18 heavy (non-hydrogen) atoms. The first-order chi connectivity index (χ1) is 8.64. The molecule has 0 spiro atoms. The van der Waals surface area contributed by atoms with Crippen LogP contribution in [0.3, 0.4) is 0 Å². The van der Waals surface area contributed by atoms with E-state index in [1.807, 2.05) is 0 Å². The summed E-state index contributed by atoms with van der Waals surface area (Å²) in [4.78, 5) is 10.8. The van der Waals surface area contributed by atoms with Gasteiger partial charge < -0.3 is 9.16 Å². The molecule has 0 heterocycles. The molecule has 0 aliphatic rings. The number of carbonyl (C=O) groups is 1. The normalized spacial score (nSPS) is 11.3. The van der Waals surface area contributed by atoms with Crippen LogP contribution in [0, 0.1) is 0 Å². The first-order valence-corrected chi connectivity index (χ1v) is 9.60. The molecule has 0 aliphatic carbocycles. The first kappa shape index (κ1) is 17.4. The lowest BCUT2D eigenvalue weighted by Gasteiger charge is -2.28. The molecule has 0 bridgehead atoms. The predicted molar refractivity (Wildman–Crippen MR) is 78.2 cm³/mol. The van der Waals surface area contributed by atoms with Crippen molar-refractivity contribution in [2.75, 3.05) is 13.2 Å². The molecule has 0 unspecified atom stereocenters. The van der Waals surface area contributed by atoms with Gasteiger partial charge in [-0.1, -0.05) is 33.3 Å². The third kappa shape index (κ3) is 6.96. The molecule has 106 valence electrons. The van der Waals surface area contributed by atoms with Gasteiger partial charge in [-0.05, 0) is 31.5 Å². The zero-order chi connectivity index (χ0) is 13.9. The van der Waals surface area contributed by atoms with Crippen molar-refractivity contribution in [2.24, 2.45) is 0 Å². The molecule has 0 aliphatic heterocycles. The molecule has 4 heteroatoms. The van der Waals surface area contributed by atoms with Gasteiger partial charge in [0, 0.05) is 12.7 Å². The largest absolute Gasteiger partial charge is 0.463 e. The molecule has 0 saturated heterocycles. The molecular formula is C14H28O3Si. The average Bonchev–Trinajstić information content (AvgIpc) is 2.41. The number of hydrogen-bond donors (Lipinski definition) is 0. The molecule has 0 N–H and O–H groups in total. The van der Waals surface area contributed by atoms with Gasteiger partial charge in [0.15, 0.2) is 8.32 Å². The Kier molecular flexibility index (Phi) is 9.97. The summed E-state index contributed by atoms with van der Waals surface area (Å²) in [5, 5.41) is 0.